The summed E-state index contributed by atoms with van der Waals surface area (Å²) in [4.78, 5) is 47.1. The van der Waals surface area contributed by atoms with Gasteiger partial charge in [-0.2, -0.15) is 4.98 Å². The number of carbonyl (C=O) groups excluding carboxylic acids is 2. The van der Waals surface area contributed by atoms with Crippen LogP contribution in [0.5, 0.6) is 23.0 Å². The molecule has 4 heterocycles. The van der Waals surface area contributed by atoms with Crippen molar-refractivity contribution in [2.24, 2.45) is 0 Å². The maximum atomic E-state index is 14.6. The van der Waals surface area contributed by atoms with E-state index in [1.807, 2.05) is 48.2 Å². The third-order valence-corrected chi connectivity index (χ3v) is 8.49. The molecule has 2 N–H and O–H groups in total. The highest BCUT2D eigenvalue weighted by Gasteiger charge is 2.33. The summed E-state index contributed by atoms with van der Waals surface area (Å²) in [6.45, 7) is 4.60. The molecule has 1 atom stereocenters. The summed E-state index contributed by atoms with van der Waals surface area (Å²) >= 11 is 0. The predicted molar refractivity (Wildman–Crippen MR) is 168 cm³/mol. The van der Waals surface area contributed by atoms with E-state index in [1.54, 1.807) is 14.0 Å². The highest BCUT2D eigenvalue weighted by Crippen LogP contribution is 2.41. The van der Waals surface area contributed by atoms with Crippen LogP contribution in [-0.2, 0) is 17.6 Å². The number of halogens is 1. The van der Waals surface area contributed by atoms with Crippen LogP contribution in [0.25, 0.3) is 0 Å². The lowest BCUT2D eigenvalue weighted by Gasteiger charge is -2.38. The number of nitrogens with zero attached hydrogens (tertiary/aromatic N) is 2. The van der Waals surface area contributed by atoms with E-state index in [0.717, 1.165) is 22.3 Å². The second kappa shape index (κ2) is 13.0. The molecule has 10 nitrogen and oxygen atoms in total. The van der Waals surface area contributed by atoms with Gasteiger partial charge in [0.05, 0.1) is 25.3 Å². The second-order valence-electron chi connectivity index (χ2n) is 11.4. The SMILES string of the molecule is COc1ccc2cc1OCCCNC(=O)c1cc(ccc1F)Oc1ccc3c(c1)CCN(C(=O)CCc1c(C)nc(=O)[nH]c1C)C23. The lowest BCUT2D eigenvalue weighted by Crippen LogP contribution is -2.40. The first-order valence-corrected chi connectivity index (χ1v) is 15.3. The average Bonchev–Trinajstić information content (AvgIpc) is 3.03. The Morgan fingerprint density at radius 2 is 1.89 bits per heavy atom. The van der Waals surface area contributed by atoms with Crippen LogP contribution in [0, 0.1) is 19.7 Å². The minimum atomic E-state index is -0.641. The number of benzene rings is 3. The van der Waals surface area contributed by atoms with Crippen molar-refractivity contribution < 1.29 is 28.2 Å². The first-order chi connectivity index (χ1) is 22.2. The summed E-state index contributed by atoms with van der Waals surface area (Å²) in [7, 11) is 1.56. The Balaban J connectivity index is 1.38. The molecule has 0 fully saturated rings. The number of rotatable bonds is 4. The van der Waals surface area contributed by atoms with Crippen LogP contribution in [0.15, 0.2) is 59.4 Å². The highest BCUT2D eigenvalue weighted by atomic mass is 19.1. The fourth-order valence-corrected chi connectivity index (χ4v) is 6.20. The number of H-pyrrole nitrogens is 1. The van der Waals surface area contributed by atoms with Crippen molar-refractivity contribution in [2.45, 2.75) is 45.6 Å². The van der Waals surface area contributed by atoms with Gasteiger partial charge in [-0.1, -0.05) is 12.1 Å². The monoisotopic (exact) mass is 626 g/mol. The average molecular weight is 627 g/mol. The van der Waals surface area contributed by atoms with E-state index < -0.39 is 23.5 Å². The zero-order valence-electron chi connectivity index (χ0n) is 25.9. The van der Waals surface area contributed by atoms with Crippen LogP contribution in [-0.4, -0.2) is 53.5 Å². The number of fused-ring (bicyclic) bond motifs is 6. The van der Waals surface area contributed by atoms with Gasteiger partial charge in [-0.25, -0.2) is 9.18 Å². The molecule has 1 unspecified atom stereocenters. The van der Waals surface area contributed by atoms with Crippen molar-refractivity contribution in [1.82, 2.24) is 20.2 Å². The summed E-state index contributed by atoms with van der Waals surface area (Å²) in [6.07, 6.45) is 1.73. The van der Waals surface area contributed by atoms with Gasteiger partial charge in [-0.05, 0) is 97.8 Å². The van der Waals surface area contributed by atoms with Gasteiger partial charge in [-0.3, -0.25) is 9.59 Å². The molecule has 0 saturated carbocycles. The number of aryl methyl sites for hydroxylation is 2. The standard InChI is InChI=1S/C35H35FN4O6/c1-20-26(21(2)39-35(43)38-20)9-12-32(41)40-15-13-22-17-24-6-8-27(22)33(40)23-5-11-30(44-3)31(18-23)45-16-4-14-37-34(42)28-19-25(46-24)7-10-29(28)36/h5-8,10-11,17-19,33H,4,9,12-16H2,1-3H3,(H,37,42)(H,38,39,43). The van der Waals surface area contributed by atoms with Crippen LogP contribution in [0.2, 0.25) is 0 Å². The fourth-order valence-electron chi connectivity index (χ4n) is 6.20. The van der Waals surface area contributed by atoms with Gasteiger partial charge in [0.1, 0.15) is 17.3 Å². The summed E-state index contributed by atoms with van der Waals surface area (Å²) in [5.41, 5.74) is 4.48. The van der Waals surface area contributed by atoms with E-state index >= 15 is 0 Å². The van der Waals surface area contributed by atoms with E-state index in [0.29, 0.717) is 60.2 Å². The predicted octanol–water partition coefficient (Wildman–Crippen LogP) is 4.95. The molecule has 2 amide bonds. The van der Waals surface area contributed by atoms with E-state index in [9.17, 15) is 18.8 Å². The number of hydrogen-bond donors (Lipinski definition) is 2. The first kappa shape index (κ1) is 30.8. The molecule has 3 aromatic carbocycles. The molecule has 0 saturated heterocycles. The van der Waals surface area contributed by atoms with Gasteiger partial charge in [-0.15, -0.1) is 0 Å². The molecule has 8 bridgehead atoms. The lowest BCUT2D eigenvalue weighted by atomic mass is 9.87. The van der Waals surface area contributed by atoms with Gasteiger partial charge in [0, 0.05) is 30.9 Å². The number of carbonyl (C=O) groups is 2. The zero-order chi connectivity index (χ0) is 32.4. The Kier molecular flexibility index (Phi) is 8.74. The van der Waals surface area contributed by atoms with Crippen molar-refractivity contribution in [1.29, 1.82) is 0 Å². The van der Waals surface area contributed by atoms with Crippen LogP contribution < -0.4 is 25.2 Å². The Morgan fingerprint density at radius 3 is 2.70 bits per heavy atom. The highest BCUT2D eigenvalue weighted by molar-refractivity contribution is 5.94. The molecule has 11 heteroatoms. The normalized spacial score (nSPS) is 16.0. The van der Waals surface area contributed by atoms with Crippen molar-refractivity contribution in [2.75, 3.05) is 26.8 Å². The third kappa shape index (κ3) is 6.30. The fraction of sp³-hybridized carbons (Fsp3) is 0.314. The Bertz CT molecular complexity index is 1850. The van der Waals surface area contributed by atoms with E-state index in [-0.39, 0.29) is 31.0 Å². The number of nitrogens with one attached hydrogen (secondary N) is 2. The Morgan fingerprint density at radius 1 is 1.09 bits per heavy atom. The maximum Gasteiger partial charge on any atom is 0.345 e. The number of ether oxygens (including phenoxy) is 3. The molecular weight excluding hydrogens is 591 g/mol. The topological polar surface area (TPSA) is 123 Å². The largest absolute Gasteiger partial charge is 0.493 e. The van der Waals surface area contributed by atoms with Crippen molar-refractivity contribution in [3.05, 3.63) is 110 Å². The Hall–Kier alpha value is -5.19. The van der Waals surface area contributed by atoms with Crippen LogP contribution in [0.4, 0.5) is 4.39 Å². The van der Waals surface area contributed by atoms with Gasteiger partial charge >= 0.3 is 5.69 Å². The number of amides is 2. The lowest BCUT2D eigenvalue weighted by molar-refractivity contribution is -0.133. The van der Waals surface area contributed by atoms with Crippen molar-refractivity contribution >= 4 is 11.8 Å². The molecular formula is C35H35FN4O6. The van der Waals surface area contributed by atoms with E-state index in [4.69, 9.17) is 14.2 Å². The quantitative estimate of drug-likeness (QED) is 0.329. The number of aromatic nitrogens is 2. The minimum absolute atomic E-state index is 0.0315. The molecule has 46 heavy (non-hydrogen) atoms. The maximum absolute atomic E-state index is 14.6. The molecule has 238 valence electrons. The first-order valence-electron chi connectivity index (χ1n) is 15.3. The molecule has 7 rings (SSSR count). The summed E-state index contributed by atoms with van der Waals surface area (Å²) in [5, 5.41) is 2.74. The molecule has 3 aliphatic rings. The number of methoxy groups -OCH3 is 1. The van der Waals surface area contributed by atoms with Gasteiger partial charge in [0.15, 0.2) is 11.5 Å². The van der Waals surface area contributed by atoms with Crippen molar-refractivity contribution in [3.63, 3.8) is 0 Å². The van der Waals surface area contributed by atoms with Crippen LogP contribution >= 0.6 is 0 Å². The third-order valence-electron chi connectivity index (χ3n) is 8.49. The van der Waals surface area contributed by atoms with Gasteiger partial charge in [0.25, 0.3) is 5.91 Å². The Labute approximate surface area is 265 Å². The van der Waals surface area contributed by atoms with Gasteiger partial charge < -0.3 is 29.4 Å². The molecule has 0 aliphatic carbocycles. The summed E-state index contributed by atoms with van der Waals surface area (Å²) in [5.74, 6) is 0.706. The summed E-state index contributed by atoms with van der Waals surface area (Å²) in [6, 6.07) is 15.0. The molecule has 3 aliphatic heterocycles. The van der Waals surface area contributed by atoms with Crippen LogP contribution in [0.1, 0.15) is 62.9 Å². The second-order valence-corrected chi connectivity index (χ2v) is 11.4. The molecule has 0 radical (unpaired) electrons. The summed E-state index contributed by atoms with van der Waals surface area (Å²) < 4.78 is 32.4. The smallest absolute Gasteiger partial charge is 0.345 e. The molecule has 0 spiro atoms. The molecule has 1 aromatic heterocycles. The van der Waals surface area contributed by atoms with Crippen molar-refractivity contribution in [3.8, 4) is 23.0 Å². The van der Waals surface area contributed by atoms with Gasteiger partial charge in [0.2, 0.25) is 5.91 Å². The zero-order valence-corrected chi connectivity index (χ0v) is 25.9. The van der Waals surface area contributed by atoms with Crippen LogP contribution in [0.3, 0.4) is 0 Å². The number of hydrogen-bond acceptors (Lipinski definition) is 7. The minimum Gasteiger partial charge on any atom is -0.493 e. The van der Waals surface area contributed by atoms with E-state index in [1.165, 1.54) is 18.2 Å². The van der Waals surface area contributed by atoms with E-state index in [2.05, 4.69) is 15.3 Å². The number of aromatic amines is 1. The molecule has 4 aromatic rings.